The van der Waals surface area contributed by atoms with Crippen molar-refractivity contribution >= 4 is 21.9 Å². The van der Waals surface area contributed by atoms with Gasteiger partial charge in [-0.15, -0.1) is 11.8 Å². The summed E-state index contributed by atoms with van der Waals surface area (Å²) in [6, 6.07) is 12.0. The highest BCUT2D eigenvalue weighted by molar-refractivity contribution is 7.98. The number of aryl methyl sites for hydroxylation is 1. The SMILES string of the molecule is O=S(=O)(O)CCc1c[nH]c(SCc2ccccc2)c1. The zero-order valence-corrected chi connectivity index (χ0v) is 11.9. The maximum Gasteiger partial charge on any atom is 0.265 e. The minimum Gasteiger partial charge on any atom is -0.356 e. The van der Waals surface area contributed by atoms with Crippen molar-refractivity contribution in [2.45, 2.75) is 17.2 Å². The van der Waals surface area contributed by atoms with Gasteiger partial charge in [0.2, 0.25) is 0 Å². The molecule has 2 aromatic rings. The van der Waals surface area contributed by atoms with E-state index < -0.39 is 10.1 Å². The fraction of sp³-hybridized carbons (Fsp3) is 0.231. The Morgan fingerprint density at radius 3 is 2.58 bits per heavy atom. The molecule has 102 valence electrons. The molecule has 0 saturated heterocycles. The Kier molecular flexibility index (Phi) is 4.68. The van der Waals surface area contributed by atoms with Crippen molar-refractivity contribution in [3.63, 3.8) is 0 Å². The summed E-state index contributed by atoms with van der Waals surface area (Å²) in [5.74, 6) is 0.618. The van der Waals surface area contributed by atoms with Crippen LogP contribution in [-0.4, -0.2) is 23.7 Å². The molecule has 0 atom stereocenters. The Morgan fingerprint density at radius 2 is 1.89 bits per heavy atom. The highest BCUT2D eigenvalue weighted by atomic mass is 32.2. The number of benzene rings is 1. The van der Waals surface area contributed by atoms with Crippen LogP contribution in [0, 0.1) is 0 Å². The molecule has 0 amide bonds. The van der Waals surface area contributed by atoms with E-state index in [9.17, 15) is 8.42 Å². The number of aromatic nitrogens is 1. The van der Waals surface area contributed by atoms with Gasteiger partial charge in [0.25, 0.3) is 10.1 Å². The van der Waals surface area contributed by atoms with Crippen molar-refractivity contribution in [2.75, 3.05) is 5.75 Å². The minimum atomic E-state index is -3.89. The van der Waals surface area contributed by atoms with Gasteiger partial charge >= 0.3 is 0 Å². The van der Waals surface area contributed by atoms with Gasteiger partial charge in [0.1, 0.15) is 0 Å². The topological polar surface area (TPSA) is 70.2 Å². The van der Waals surface area contributed by atoms with Gasteiger partial charge in [-0.2, -0.15) is 8.42 Å². The van der Waals surface area contributed by atoms with Crippen molar-refractivity contribution in [1.82, 2.24) is 4.98 Å². The third kappa shape index (κ3) is 5.10. The number of rotatable bonds is 6. The van der Waals surface area contributed by atoms with E-state index in [4.69, 9.17) is 4.55 Å². The molecule has 0 aliphatic heterocycles. The van der Waals surface area contributed by atoms with Gasteiger partial charge in [0.05, 0.1) is 10.8 Å². The maximum absolute atomic E-state index is 10.7. The Bertz CT molecular complexity index is 620. The molecule has 0 radical (unpaired) electrons. The molecule has 4 nitrogen and oxygen atoms in total. The lowest BCUT2D eigenvalue weighted by atomic mass is 10.2. The average molecular weight is 297 g/mol. The van der Waals surface area contributed by atoms with E-state index in [1.54, 1.807) is 18.0 Å². The van der Waals surface area contributed by atoms with E-state index in [1.165, 1.54) is 5.56 Å². The summed E-state index contributed by atoms with van der Waals surface area (Å²) in [6.45, 7) is 0. The molecule has 0 saturated carbocycles. The normalized spacial score (nSPS) is 11.6. The molecule has 2 N–H and O–H groups in total. The van der Waals surface area contributed by atoms with E-state index in [0.717, 1.165) is 16.3 Å². The number of hydrogen-bond donors (Lipinski definition) is 2. The van der Waals surface area contributed by atoms with Gasteiger partial charge in [-0.3, -0.25) is 4.55 Å². The summed E-state index contributed by atoms with van der Waals surface area (Å²) in [5, 5.41) is 0.995. The summed E-state index contributed by atoms with van der Waals surface area (Å²) in [7, 11) is -3.89. The zero-order valence-electron chi connectivity index (χ0n) is 10.2. The number of thioether (sulfide) groups is 1. The van der Waals surface area contributed by atoms with E-state index >= 15 is 0 Å². The standard InChI is InChI=1S/C13H15NO3S2/c15-19(16,17)7-6-12-8-13(14-9-12)18-10-11-4-2-1-3-5-11/h1-5,8-9,14H,6-7,10H2,(H,15,16,17). The highest BCUT2D eigenvalue weighted by Gasteiger charge is 2.07. The number of H-pyrrole nitrogens is 1. The molecule has 0 fully saturated rings. The zero-order chi connectivity index (χ0) is 13.7. The molecular weight excluding hydrogens is 282 g/mol. The van der Waals surface area contributed by atoms with Crippen LogP contribution < -0.4 is 0 Å². The van der Waals surface area contributed by atoms with Crippen LogP contribution in [0.3, 0.4) is 0 Å². The Hall–Kier alpha value is -1.24. The predicted molar refractivity (Wildman–Crippen MR) is 76.9 cm³/mol. The van der Waals surface area contributed by atoms with Gasteiger partial charge in [0, 0.05) is 11.9 Å². The Labute approximate surface area is 117 Å². The van der Waals surface area contributed by atoms with Crippen LogP contribution in [0.4, 0.5) is 0 Å². The van der Waals surface area contributed by atoms with Crippen LogP contribution in [0.5, 0.6) is 0 Å². The van der Waals surface area contributed by atoms with E-state index in [1.807, 2.05) is 24.3 Å². The van der Waals surface area contributed by atoms with Crippen LogP contribution in [0.15, 0.2) is 47.6 Å². The van der Waals surface area contributed by atoms with Crippen LogP contribution in [0.1, 0.15) is 11.1 Å². The second-order valence-corrected chi connectivity index (χ2v) is 6.77. The molecule has 0 unspecified atom stereocenters. The van der Waals surface area contributed by atoms with Gasteiger partial charge in [0.15, 0.2) is 0 Å². The molecular formula is C13H15NO3S2. The summed E-state index contributed by atoms with van der Waals surface area (Å²) < 4.78 is 30.0. The van der Waals surface area contributed by atoms with Crippen molar-refractivity contribution in [3.8, 4) is 0 Å². The first-order valence-corrected chi connectivity index (χ1v) is 8.41. The van der Waals surface area contributed by atoms with Crippen LogP contribution in [-0.2, 0) is 22.3 Å². The van der Waals surface area contributed by atoms with Gasteiger partial charge in [-0.05, 0) is 23.6 Å². The van der Waals surface area contributed by atoms with Crippen LogP contribution in [0.25, 0.3) is 0 Å². The van der Waals surface area contributed by atoms with Gasteiger partial charge in [-0.1, -0.05) is 30.3 Å². The van der Waals surface area contributed by atoms with Gasteiger partial charge < -0.3 is 4.98 Å². The molecule has 1 heterocycles. The van der Waals surface area contributed by atoms with E-state index in [0.29, 0.717) is 6.42 Å². The van der Waals surface area contributed by atoms with Crippen LogP contribution >= 0.6 is 11.8 Å². The summed E-state index contributed by atoms with van der Waals surface area (Å²) in [4.78, 5) is 3.10. The third-order valence-corrected chi connectivity index (χ3v) is 4.35. The van der Waals surface area contributed by atoms with E-state index in [-0.39, 0.29) is 5.75 Å². The molecule has 0 bridgehead atoms. The maximum atomic E-state index is 10.7. The largest absolute Gasteiger partial charge is 0.356 e. The number of hydrogen-bond acceptors (Lipinski definition) is 3. The summed E-state index contributed by atoms with van der Waals surface area (Å²) in [5.41, 5.74) is 2.12. The first-order valence-electron chi connectivity index (χ1n) is 5.82. The molecule has 6 heteroatoms. The van der Waals surface area contributed by atoms with Crippen LogP contribution in [0.2, 0.25) is 0 Å². The lowest BCUT2D eigenvalue weighted by Crippen LogP contribution is -2.05. The lowest BCUT2D eigenvalue weighted by molar-refractivity contribution is 0.482. The quantitative estimate of drug-likeness (QED) is 0.635. The molecule has 0 spiro atoms. The minimum absolute atomic E-state index is 0.242. The number of aromatic amines is 1. The molecule has 0 aliphatic rings. The summed E-state index contributed by atoms with van der Waals surface area (Å²) >= 11 is 1.66. The van der Waals surface area contributed by atoms with E-state index in [2.05, 4.69) is 17.1 Å². The Balaban J connectivity index is 1.87. The molecule has 1 aromatic heterocycles. The molecule has 0 aliphatic carbocycles. The van der Waals surface area contributed by atoms with Crippen molar-refractivity contribution < 1.29 is 13.0 Å². The third-order valence-electron chi connectivity index (χ3n) is 2.60. The first kappa shape index (κ1) is 14.2. The fourth-order valence-corrected chi connectivity index (χ4v) is 3.01. The lowest BCUT2D eigenvalue weighted by Gasteiger charge is -1.98. The highest BCUT2D eigenvalue weighted by Crippen LogP contribution is 2.22. The monoisotopic (exact) mass is 297 g/mol. The average Bonchev–Trinajstić information content (AvgIpc) is 2.82. The van der Waals surface area contributed by atoms with Gasteiger partial charge in [-0.25, -0.2) is 0 Å². The van der Waals surface area contributed by atoms with Crippen molar-refractivity contribution in [2.24, 2.45) is 0 Å². The first-order chi connectivity index (χ1) is 9.03. The second-order valence-electron chi connectivity index (χ2n) is 4.18. The van der Waals surface area contributed by atoms with Crippen molar-refractivity contribution in [3.05, 3.63) is 53.7 Å². The van der Waals surface area contributed by atoms with Crippen molar-refractivity contribution in [1.29, 1.82) is 0 Å². The molecule has 1 aromatic carbocycles. The number of nitrogens with one attached hydrogen (secondary N) is 1. The Morgan fingerprint density at radius 1 is 1.16 bits per heavy atom. The fourth-order valence-electron chi connectivity index (χ4n) is 1.63. The smallest absolute Gasteiger partial charge is 0.265 e. The predicted octanol–water partition coefficient (Wildman–Crippen LogP) is 2.74. The summed E-state index contributed by atoms with van der Waals surface area (Å²) in [6.07, 6.45) is 2.10. The molecule has 2 rings (SSSR count). The molecule has 19 heavy (non-hydrogen) atoms. The second kappa shape index (κ2) is 6.27.